The van der Waals surface area contributed by atoms with Gasteiger partial charge in [-0.2, -0.15) is 10.5 Å². The van der Waals surface area contributed by atoms with Crippen LogP contribution in [0.5, 0.6) is 0 Å². The van der Waals surface area contributed by atoms with E-state index in [9.17, 15) is 0 Å². The zero-order chi connectivity index (χ0) is 15.2. The van der Waals surface area contributed by atoms with Crippen LogP contribution < -0.4 is 4.90 Å². The fourth-order valence-corrected chi connectivity index (χ4v) is 1.98. The maximum atomic E-state index is 8.75. The number of benzene rings is 2. The molecule has 0 spiro atoms. The second-order valence-corrected chi connectivity index (χ2v) is 4.84. The first-order chi connectivity index (χ1) is 10.1. The summed E-state index contributed by atoms with van der Waals surface area (Å²) in [5, 5.41) is 17.5. The molecule has 0 saturated heterocycles. The number of hydrogen-bond donors (Lipinski definition) is 0. The van der Waals surface area contributed by atoms with Crippen molar-refractivity contribution in [2.24, 2.45) is 0 Å². The zero-order valence-electron chi connectivity index (χ0n) is 12.0. The van der Waals surface area contributed by atoms with Crippen molar-refractivity contribution in [2.75, 3.05) is 19.0 Å². The van der Waals surface area contributed by atoms with E-state index in [-0.39, 0.29) is 5.57 Å². The van der Waals surface area contributed by atoms with Crippen LogP contribution in [0.1, 0.15) is 5.56 Å². The molecule has 102 valence electrons. The van der Waals surface area contributed by atoms with Crippen LogP contribution in [-0.2, 0) is 0 Å². The van der Waals surface area contributed by atoms with Crippen LogP contribution in [0.15, 0.2) is 54.1 Å². The van der Waals surface area contributed by atoms with Crippen molar-refractivity contribution in [1.29, 1.82) is 10.5 Å². The molecule has 0 heterocycles. The minimum absolute atomic E-state index is 0.109. The standard InChI is InChI=1S/C18H15N3/c1-21(2)18-9-7-17(8-10-18)16-5-3-14(4-6-16)11-15(12-19)13-20/h3-11H,1-2H3. The third-order valence-corrected chi connectivity index (χ3v) is 3.18. The van der Waals surface area contributed by atoms with E-state index in [1.807, 2.05) is 50.5 Å². The Labute approximate surface area is 125 Å². The van der Waals surface area contributed by atoms with Crippen molar-refractivity contribution in [2.45, 2.75) is 0 Å². The van der Waals surface area contributed by atoms with Gasteiger partial charge in [-0.25, -0.2) is 0 Å². The zero-order valence-corrected chi connectivity index (χ0v) is 12.0. The average Bonchev–Trinajstić information content (AvgIpc) is 2.53. The number of hydrogen-bond acceptors (Lipinski definition) is 3. The highest BCUT2D eigenvalue weighted by molar-refractivity contribution is 5.69. The van der Waals surface area contributed by atoms with Gasteiger partial charge in [0.05, 0.1) is 0 Å². The average molecular weight is 273 g/mol. The Kier molecular flexibility index (Phi) is 4.39. The van der Waals surface area contributed by atoms with Crippen molar-refractivity contribution in [3.8, 4) is 23.3 Å². The van der Waals surface area contributed by atoms with Crippen LogP contribution >= 0.6 is 0 Å². The van der Waals surface area contributed by atoms with Gasteiger partial charge in [-0.1, -0.05) is 36.4 Å². The van der Waals surface area contributed by atoms with E-state index in [0.717, 1.165) is 22.4 Å². The molecular formula is C18H15N3. The molecule has 0 amide bonds. The predicted octanol–water partition coefficient (Wildman–Crippen LogP) is 3.85. The van der Waals surface area contributed by atoms with Crippen molar-refractivity contribution in [3.05, 3.63) is 59.7 Å². The summed E-state index contributed by atoms with van der Waals surface area (Å²) in [6, 6.07) is 19.8. The predicted molar refractivity (Wildman–Crippen MR) is 85.4 cm³/mol. The van der Waals surface area contributed by atoms with Crippen LogP contribution in [0.2, 0.25) is 0 Å². The molecule has 0 radical (unpaired) electrons. The Hall–Kier alpha value is -3.04. The molecule has 2 aromatic rings. The van der Waals surface area contributed by atoms with E-state index in [0.29, 0.717) is 0 Å². The highest BCUT2D eigenvalue weighted by Crippen LogP contribution is 2.23. The van der Waals surface area contributed by atoms with Crippen molar-refractivity contribution < 1.29 is 0 Å². The molecule has 0 atom stereocenters. The van der Waals surface area contributed by atoms with Gasteiger partial charge < -0.3 is 4.90 Å². The fraction of sp³-hybridized carbons (Fsp3) is 0.111. The second kappa shape index (κ2) is 6.41. The minimum atomic E-state index is 0.109. The SMILES string of the molecule is CN(C)c1ccc(-c2ccc(C=C(C#N)C#N)cc2)cc1. The first-order valence-electron chi connectivity index (χ1n) is 6.54. The van der Waals surface area contributed by atoms with Gasteiger partial charge in [0, 0.05) is 19.8 Å². The van der Waals surface area contributed by atoms with Crippen molar-refractivity contribution in [3.63, 3.8) is 0 Å². The molecule has 0 aliphatic carbocycles. The molecule has 3 heteroatoms. The molecule has 0 N–H and O–H groups in total. The highest BCUT2D eigenvalue weighted by atomic mass is 15.1. The molecule has 0 aromatic heterocycles. The van der Waals surface area contributed by atoms with Crippen LogP contribution in [0.4, 0.5) is 5.69 Å². The van der Waals surface area contributed by atoms with Gasteiger partial charge >= 0.3 is 0 Å². The number of nitrogens with zero attached hydrogens (tertiary/aromatic N) is 3. The summed E-state index contributed by atoms with van der Waals surface area (Å²) in [6.07, 6.45) is 1.58. The molecule has 3 nitrogen and oxygen atoms in total. The van der Waals surface area contributed by atoms with E-state index in [4.69, 9.17) is 10.5 Å². The quantitative estimate of drug-likeness (QED) is 0.798. The van der Waals surface area contributed by atoms with Gasteiger partial charge in [0.15, 0.2) is 0 Å². The van der Waals surface area contributed by atoms with Gasteiger partial charge in [0.2, 0.25) is 0 Å². The Morgan fingerprint density at radius 2 is 1.33 bits per heavy atom. The summed E-state index contributed by atoms with van der Waals surface area (Å²) in [6.45, 7) is 0. The maximum absolute atomic E-state index is 8.75. The first kappa shape index (κ1) is 14.4. The first-order valence-corrected chi connectivity index (χ1v) is 6.54. The fourth-order valence-electron chi connectivity index (χ4n) is 1.98. The van der Waals surface area contributed by atoms with Crippen LogP contribution in [0, 0.1) is 22.7 Å². The van der Waals surface area contributed by atoms with Crippen molar-refractivity contribution in [1.82, 2.24) is 0 Å². The molecule has 0 aliphatic rings. The van der Waals surface area contributed by atoms with E-state index in [2.05, 4.69) is 29.2 Å². The lowest BCUT2D eigenvalue weighted by Crippen LogP contribution is -2.07. The van der Waals surface area contributed by atoms with Crippen LogP contribution in [0.3, 0.4) is 0 Å². The molecule has 0 saturated carbocycles. The van der Waals surface area contributed by atoms with Crippen LogP contribution in [0.25, 0.3) is 17.2 Å². The number of rotatable bonds is 3. The van der Waals surface area contributed by atoms with E-state index >= 15 is 0 Å². The summed E-state index contributed by atoms with van der Waals surface area (Å²) < 4.78 is 0. The molecule has 0 unspecified atom stereocenters. The Balaban J connectivity index is 2.25. The van der Waals surface area contributed by atoms with Gasteiger partial charge in [0.25, 0.3) is 0 Å². The lowest BCUT2D eigenvalue weighted by Gasteiger charge is -2.12. The van der Waals surface area contributed by atoms with E-state index in [1.54, 1.807) is 6.08 Å². The molecular weight excluding hydrogens is 258 g/mol. The topological polar surface area (TPSA) is 50.8 Å². The number of nitriles is 2. The van der Waals surface area contributed by atoms with Gasteiger partial charge in [-0.15, -0.1) is 0 Å². The Morgan fingerprint density at radius 1 is 0.857 bits per heavy atom. The lowest BCUT2D eigenvalue weighted by molar-refractivity contribution is 1.13. The van der Waals surface area contributed by atoms with Gasteiger partial charge in [-0.05, 0) is 34.9 Å². The Morgan fingerprint density at radius 3 is 1.76 bits per heavy atom. The maximum Gasteiger partial charge on any atom is 0.130 e. The van der Waals surface area contributed by atoms with E-state index in [1.165, 1.54) is 0 Å². The summed E-state index contributed by atoms with van der Waals surface area (Å²) in [7, 11) is 4.02. The third-order valence-electron chi connectivity index (χ3n) is 3.18. The third kappa shape index (κ3) is 3.49. The normalized spacial score (nSPS) is 9.33. The van der Waals surface area contributed by atoms with Gasteiger partial charge in [-0.3, -0.25) is 0 Å². The smallest absolute Gasteiger partial charge is 0.130 e. The van der Waals surface area contributed by atoms with E-state index < -0.39 is 0 Å². The number of allylic oxidation sites excluding steroid dienone is 1. The summed E-state index contributed by atoms with van der Waals surface area (Å²) in [5.74, 6) is 0. The largest absolute Gasteiger partial charge is 0.378 e. The summed E-state index contributed by atoms with van der Waals surface area (Å²) >= 11 is 0. The minimum Gasteiger partial charge on any atom is -0.378 e. The van der Waals surface area contributed by atoms with Gasteiger partial charge in [0.1, 0.15) is 17.7 Å². The molecule has 0 fully saturated rings. The monoisotopic (exact) mass is 273 g/mol. The Bertz CT molecular complexity index is 708. The molecule has 0 bridgehead atoms. The molecule has 0 aliphatic heterocycles. The second-order valence-electron chi connectivity index (χ2n) is 4.84. The molecule has 21 heavy (non-hydrogen) atoms. The summed E-state index contributed by atoms with van der Waals surface area (Å²) in [4.78, 5) is 2.06. The summed E-state index contributed by atoms with van der Waals surface area (Å²) in [5.41, 5.74) is 4.36. The number of anilines is 1. The van der Waals surface area contributed by atoms with Crippen LogP contribution in [-0.4, -0.2) is 14.1 Å². The highest BCUT2D eigenvalue weighted by Gasteiger charge is 2.00. The lowest BCUT2D eigenvalue weighted by atomic mass is 10.0. The molecule has 2 rings (SSSR count). The molecule has 2 aromatic carbocycles. The van der Waals surface area contributed by atoms with Crippen molar-refractivity contribution >= 4 is 11.8 Å².